The second-order valence-electron chi connectivity index (χ2n) is 6.72. The quantitative estimate of drug-likeness (QED) is 0.264. The summed E-state index contributed by atoms with van der Waals surface area (Å²) >= 11 is 0. The first-order valence-corrected chi connectivity index (χ1v) is 9.80. The molecule has 1 aromatic carbocycles. The summed E-state index contributed by atoms with van der Waals surface area (Å²) in [6.07, 6.45) is 13.1. The standard InChI is InChI=1S/C21H34O4/c1-2-3-4-5-6-7-8-9-10-11-16-25-21(24)15-12-18-17-19(22)13-14-20(18)23/h13-14,17,22-23H,2-12,15-16H2,1H3. The van der Waals surface area contributed by atoms with E-state index in [0.717, 1.165) is 12.8 Å². The van der Waals surface area contributed by atoms with E-state index in [4.69, 9.17) is 4.74 Å². The number of hydrogen-bond donors (Lipinski definition) is 2. The Morgan fingerprint density at radius 1 is 0.920 bits per heavy atom. The second-order valence-corrected chi connectivity index (χ2v) is 6.72. The molecular weight excluding hydrogens is 316 g/mol. The fraction of sp³-hybridized carbons (Fsp3) is 0.667. The molecule has 0 unspecified atom stereocenters. The molecule has 0 aliphatic carbocycles. The number of carbonyl (C=O) groups is 1. The number of carbonyl (C=O) groups excluding carboxylic acids is 1. The molecule has 4 nitrogen and oxygen atoms in total. The minimum Gasteiger partial charge on any atom is -0.508 e. The molecule has 25 heavy (non-hydrogen) atoms. The molecule has 0 aromatic heterocycles. The van der Waals surface area contributed by atoms with E-state index in [1.54, 1.807) is 0 Å². The molecule has 0 fully saturated rings. The lowest BCUT2D eigenvalue weighted by Crippen LogP contribution is -2.07. The number of aromatic hydroxyl groups is 2. The third kappa shape index (κ3) is 10.7. The van der Waals surface area contributed by atoms with Gasteiger partial charge in [-0.15, -0.1) is 0 Å². The normalized spacial score (nSPS) is 10.8. The zero-order chi connectivity index (χ0) is 18.3. The van der Waals surface area contributed by atoms with Gasteiger partial charge in [-0.25, -0.2) is 0 Å². The van der Waals surface area contributed by atoms with Crippen LogP contribution in [-0.4, -0.2) is 22.8 Å². The predicted molar refractivity (Wildman–Crippen MR) is 101 cm³/mol. The fourth-order valence-corrected chi connectivity index (χ4v) is 2.86. The van der Waals surface area contributed by atoms with Crippen molar-refractivity contribution in [3.8, 4) is 11.5 Å². The summed E-state index contributed by atoms with van der Waals surface area (Å²) in [6.45, 7) is 2.71. The van der Waals surface area contributed by atoms with Crippen LogP contribution in [0.4, 0.5) is 0 Å². The Morgan fingerprint density at radius 2 is 1.52 bits per heavy atom. The number of phenols is 2. The average Bonchev–Trinajstić information content (AvgIpc) is 2.60. The minimum absolute atomic E-state index is 0.0894. The van der Waals surface area contributed by atoms with Crippen LogP contribution in [0.5, 0.6) is 11.5 Å². The number of benzene rings is 1. The summed E-state index contributed by atoms with van der Waals surface area (Å²) in [7, 11) is 0. The van der Waals surface area contributed by atoms with Gasteiger partial charge < -0.3 is 14.9 Å². The van der Waals surface area contributed by atoms with Crippen molar-refractivity contribution in [1.29, 1.82) is 0 Å². The lowest BCUT2D eigenvalue weighted by Gasteiger charge is -2.07. The van der Waals surface area contributed by atoms with E-state index in [-0.39, 0.29) is 23.9 Å². The fourth-order valence-electron chi connectivity index (χ4n) is 2.86. The van der Waals surface area contributed by atoms with E-state index in [2.05, 4.69) is 6.92 Å². The number of rotatable bonds is 14. The van der Waals surface area contributed by atoms with Gasteiger partial charge in [0, 0.05) is 6.42 Å². The zero-order valence-corrected chi connectivity index (χ0v) is 15.6. The molecule has 0 atom stereocenters. The van der Waals surface area contributed by atoms with Gasteiger partial charge in [0.25, 0.3) is 0 Å². The van der Waals surface area contributed by atoms with Crippen molar-refractivity contribution >= 4 is 5.97 Å². The molecule has 4 heteroatoms. The van der Waals surface area contributed by atoms with Gasteiger partial charge in [0.15, 0.2) is 0 Å². The summed E-state index contributed by atoms with van der Waals surface area (Å²) in [4.78, 5) is 11.7. The summed E-state index contributed by atoms with van der Waals surface area (Å²) in [5.74, 6) is -0.0644. The van der Waals surface area contributed by atoms with Crippen LogP contribution in [0.3, 0.4) is 0 Å². The highest BCUT2D eigenvalue weighted by Crippen LogP contribution is 2.23. The molecule has 142 valence electrons. The molecule has 1 aromatic rings. The second kappa shape index (κ2) is 13.6. The zero-order valence-electron chi connectivity index (χ0n) is 15.6. The summed E-state index contributed by atoms with van der Waals surface area (Å²) in [6, 6.07) is 4.33. The lowest BCUT2D eigenvalue weighted by atomic mass is 10.1. The van der Waals surface area contributed by atoms with Crippen LogP contribution >= 0.6 is 0 Å². The van der Waals surface area contributed by atoms with E-state index in [0.29, 0.717) is 18.6 Å². The van der Waals surface area contributed by atoms with Gasteiger partial charge >= 0.3 is 5.97 Å². The Hall–Kier alpha value is -1.71. The van der Waals surface area contributed by atoms with Gasteiger partial charge in [0.05, 0.1) is 6.61 Å². The topological polar surface area (TPSA) is 66.8 Å². The number of esters is 1. The Bertz CT molecular complexity index is 485. The molecule has 0 heterocycles. The number of aryl methyl sites for hydroxylation is 1. The number of phenolic OH excluding ortho intramolecular Hbond substituents is 2. The monoisotopic (exact) mass is 350 g/mol. The maximum Gasteiger partial charge on any atom is 0.306 e. The van der Waals surface area contributed by atoms with E-state index in [1.807, 2.05) is 0 Å². The van der Waals surface area contributed by atoms with Crippen LogP contribution in [0.15, 0.2) is 18.2 Å². The summed E-state index contributed by atoms with van der Waals surface area (Å²) in [5.41, 5.74) is 0.566. The number of unbranched alkanes of at least 4 members (excludes halogenated alkanes) is 9. The number of hydrogen-bond acceptors (Lipinski definition) is 4. The summed E-state index contributed by atoms with van der Waals surface area (Å²) in [5, 5.41) is 19.1. The smallest absolute Gasteiger partial charge is 0.306 e. The highest BCUT2D eigenvalue weighted by molar-refractivity contribution is 5.69. The maximum atomic E-state index is 11.7. The van der Waals surface area contributed by atoms with Crippen LogP contribution in [0.25, 0.3) is 0 Å². The van der Waals surface area contributed by atoms with Gasteiger partial charge in [-0.2, -0.15) is 0 Å². The van der Waals surface area contributed by atoms with E-state index in [9.17, 15) is 15.0 Å². The van der Waals surface area contributed by atoms with E-state index < -0.39 is 0 Å². The van der Waals surface area contributed by atoms with E-state index in [1.165, 1.54) is 69.6 Å². The molecule has 0 aliphatic heterocycles. The van der Waals surface area contributed by atoms with Crippen LogP contribution < -0.4 is 0 Å². The Morgan fingerprint density at radius 3 is 2.16 bits per heavy atom. The van der Waals surface area contributed by atoms with E-state index >= 15 is 0 Å². The molecule has 0 aliphatic rings. The first kappa shape index (κ1) is 21.3. The van der Waals surface area contributed by atoms with Crippen molar-refractivity contribution in [2.75, 3.05) is 6.61 Å². The lowest BCUT2D eigenvalue weighted by molar-refractivity contribution is -0.143. The third-order valence-electron chi connectivity index (χ3n) is 4.42. The van der Waals surface area contributed by atoms with Crippen LogP contribution in [0.1, 0.15) is 83.1 Å². The molecule has 0 saturated carbocycles. The van der Waals surface area contributed by atoms with Gasteiger partial charge in [-0.3, -0.25) is 4.79 Å². The SMILES string of the molecule is CCCCCCCCCCCCOC(=O)CCc1cc(O)ccc1O. The Balaban J connectivity index is 1.96. The third-order valence-corrected chi connectivity index (χ3v) is 4.42. The van der Waals surface area contributed by atoms with Crippen LogP contribution in [0.2, 0.25) is 0 Å². The summed E-state index contributed by atoms with van der Waals surface area (Å²) < 4.78 is 5.22. The highest BCUT2D eigenvalue weighted by Gasteiger charge is 2.07. The van der Waals surface area contributed by atoms with Crippen molar-refractivity contribution in [1.82, 2.24) is 0 Å². The molecule has 0 spiro atoms. The Kier molecular flexibility index (Phi) is 11.6. The van der Waals surface area contributed by atoms with Gasteiger partial charge in [-0.05, 0) is 36.6 Å². The largest absolute Gasteiger partial charge is 0.508 e. The van der Waals surface area contributed by atoms with Gasteiger partial charge in [-0.1, -0.05) is 64.7 Å². The highest BCUT2D eigenvalue weighted by atomic mass is 16.5. The maximum absolute atomic E-state index is 11.7. The van der Waals surface area contributed by atoms with Crippen molar-refractivity contribution in [2.24, 2.45) is 0 Å². The molecule has 0 saturated heterocycles. The first-order valence-electron chi connectivity index (χ1n) is 9.80. The molecule has 0 amide bonds. The predicted octanol–water partition coefficient (Wildman–Crippen LogP) is 5.49. The van der Waals surface area contributed by atoms with Gasteiger partial charge in [0.2, 0.25) is 0 Å². The molecule has 2 N–H and O–H groups in total. The molecule has 0 bridgehead atoms. The Labute approximate surface area is 152 Å². The molecule has 1 rings (SSSR count). The first-order chi connectivity index (χ1) is 12.1. The van der Waals surface area contributed by atoms with Crippen molar-refractivity contribution in [3.63, 3.8) is 0 Å². The van der Waals surface area contributed by atoms with Crippen LogP contribution in [0, 0.1) is 0 Å². The van der Waals surface area contributed by atoms with Gasteiger partial charge in [0.1, 0.15) is 11.5 Å². The molecule has 0 radical (unpaired) electrons. The molecular formula is C21H34O4. The number of ether oxygens (including phenoxy) is 1. The van der Waals surface area contributed by atoms with Crippen LogP contribution in [-0.2, 0) is 16.0 Å². The average molecular weight is 350 g/mol. The van der Waals surface area contributed by atoms with Crippen molar-refractivity contribution in [2.45, 2.75) is 84.0 Å². The van der Waals surface area contributed by atoms with Crippen molar-refractivity contribution < 1.29 is 19.7 Å². The van der Waals surface area contributed by atoms with Crippen molar-refractivity contribution in [3.05, 3.63) is 23.8 Å². The minimum atomic E-state index is -0.251.